The van der Waals surface area contributed by atoms with Crippen LogP contribution in [0.15, 0.2) is 29.3 Å². The lowest BCUT2D eigenvalue weighted by atomic mass is 9.81. The van der Waals surface area contributed by atoms with Gasteiger partial charge in [0.15, 0.2) is 0 Å². The molecule has 0 aromatic heterocycles. The van der Waals surface area contributed by atoms with Crippen molar-refractivity contribution in [2.75, 3.05) is 19.4 Å². The van der Waals surface area contributed by atoms with Gasteiger partial charge in [0.2, 0.25) is 11.8 Å². The van der Waals surface area contributed by atoms with Crippen LogP contribution in [0.3, 0.4) is 0 Å². The zero-order chi connectivity index (χ0) is 40.6. The number of aliphatic hydroxyl groups excluding tert-OH is 3. The van der Waals surface area contributed by atoms with E-state index in [2.05, 4.69) is 22.9 Å². The predicted molar refractivity (Wildman–Crippen MR) is 216 cm³/mol. The molecule has 55 heavy (non-hydrogen) atoms. The lowest BCUT2D eigenvalue weighted by Gasteiger charge is -2.38. The highest BCUT2D eigenvalue weighted by molar-refractivity contribution is 8.14. The molecule has 0 spiro atoms. The molecule has 0 aliphatic carbocycles. The van der Waals surface area contributed by atoms with Gasteiger partial charge in [-0.3, -0.25) is 29.6 Å². The van der Waals surface area contributed by atoms with Crippen LogP contribution in [0.5, 0.6) is 5.75 Å². The molecule has 14 heteroatoms. The molecule has 3 aliphatic heterocycles. The number of fused-ring (bicyclic) bond motifs is 2. The van der Waals surface area contributed by atoms with Gasteiger partial charge < -0.3 is 35.4 Å². The summed E-state index contributed by atoms with van der Waals surface area (Å²) in [5, 5.41) is 44.0. The number of aliphatic imine (C=N–C) groups is 1. The summed E-state index contributed by atoms with van der Waals surface area (Å²) in [6.45, 7) is 16.0. The third kappa shape index (κ3) is 12.6. The molecule has 310 valence electrons. The fraction of sp³-hybridized carbons (Fsp3) is 0.756. The molecular weight excluding hydrogens is 723 g/mol. The minimum absolute atomic E-state index is 0.0420. The highest BCUT2D eigenvalue weighted by Gasteiger charge is 2.43. The number of cyclic esters (lactones) is 1. The number of nitrogens with zero attached hydrogens (tertiary/aromatic N) is 2. The van der Waals surface area contributed by atoms with Crippen molar-refractivity contribution >= 4 is 34.6 Å². The van der Waals surface area contributed by atoms with Gasteiger partial charge in [-0.25, -0.2) is 0 Å². The van der Waals surface area contributed by atoms with Crippen LogP contribution in [0.1, 0.15) is 99.5 Å². The van der Waals surface area contributed by atoms with Gasteiger partial charge in [0.25, 0.3) is 0 Å². The first-order valence-corrected chi connectivity index (χ1v) is 21.1. The van der Waals surface area contributed by atoms with E-state index in [9.17, 15) is 29.7 Å². The van der Waals surface area contributed by atoms with Crippen molar-refractivity contribution < 1.29 is 39.2 Å². The average Bonchev–Trinajstić information content (AvgIpc) is 3.82. The van der Waals surface area contributed by atoms with E-state index >= 15 is 0 Å². The van der Waals surface area contributed by atoms with Crippen LogP contribution in [-0.4, -0.2) is 117 Å². The Morgan fingerprint density at radius 3 is 2.31 bits per heavy atom. The predicted octanol–water partition coefficient (Wildman–Crippen LogP) is 3.62. The number of hydrogen-bond donors (Lipinski definition) is 6. The van der Waals surface area contributed by atoms with E-state index in [-0.39, 0.29) is 35.6 Å². The van der Waals surface area contributed by atoms with Crippen molar-refractivity contribution in [2.45, 2.75) is 155 Å². The van der Waals surface area contributed by atoms with Crippen LogP contribution in [-0.2, 0) is 25.5 Å². The molecule has 1 aromatic rings. The van der Waals surface area contributed by atoms with Crippen LogP contribution in [0.4, 0.5) is 0 Å². The van der Waals surface area contributed by atoms with Crippen LogP contribution < -0.4 is 20.7 Å². The molecule has 1 saturated heterocycles. The smallest absolute Gasteiger partial charge is 0.323 e. The number of ether oxygens (including phenoxy) is 2. The van der Waals surface area contributed by atoms with Gasteiger partial charge in [-0.2, -0.15) is 0 Å². The first kappa shape index (κ1) is 45.0. The van der Waals surface area contributed by atoms with E-state index < -0.39 is 66.6 Å². The second-order valence-corrected chi connectivity index (χ2v) is 18.4. The molecule has 1 fully saturated rings. The quantitative estimate of drug-likeness (QED) is 0.245. The molecular formula is C41H67N5O8S. The summed E-state index contributed by atoms with van der Waals surface area (Å²) >= 11 is 1.63. The number of esters is 1. The third-order valence-electron chi connectivity index (χ3n) is 11.3. The molecule has 6 N–H and O–H groups in total. The molecule has 13 nitrogen and oxygen atoms in total. The van der Waals surface area contributed by atoms with Crippen molar-refractivity contribution in [1.29, 1.82) is 0 Å². The normalized spacial score (nSPS) is 34.5. The number of benzene rings is 1. The molecule has 1 aromatic carbocycles. The first-order valence-electron chi connectivity index (χ1n) is 20.1. The van der Waals surface area contributed by atoms with Crippen LogP contribution >= 0.6 is 11.8 Å². The minimum atomic E-state index is -1.18. The van der Waals surface area contributed by atoms with Gasteiger partial charge in [-0.05, 0) is 86.8 Å². The zero-order valence-corrected chi connectivity index (χ0v) is 35.1. The monoisotopic (exact) mass is 789 g/mol. The van der Waals surface area contributed by atoms with Crippen LogP contribution in [0.2, 0.25) is 0 Å². The van der Waals surface area contributed by atoms with E-state index in [1.807, 2.05) is 53.7 Å². The van der Waals surface area contributed by atoms with Gasteiger partial charge in [0.1, 0.15) is 36.4 Å². The number of aliphatic hydroxyl groups is 3. The molecule has 3 heterocycles. The first-order chi connectivity index (χ1) is 25.9. The summed E-state index contributed by atoms with van der Waals surface area (Å²) in [5.41, 5.74) is 0.466. The fourth-order valence-electron chi connectivity index (χ4n) is 7.58. The lowest BCUT2D eigenvalue weighted by molar-refractivity contribution is -0.166. The molecule has 3 aliphatic rings. The number of methoxy groups -OCH3 is 1. The van der Waals surface area contributed by atoms with Crippen molar-refractivity contribution in [3.05, 3.63) is 29.8 Å². The summed E-state index contributed by atoms with van der Waals surface area (Å²) in [6, 6.07) is 3.99. The highest BCUT2D eigenvalue weighted by atomic mass is 32.2. The number of carbonyl (C=O) groups excluding carboxylic acids is 3. The van der Waals surface area contributed by atoms with Crippen molar-refractivity contribution in [1.82, 2.24) is 20.9 Å². The SMILES string of the molecule is COc1ccc(C[C@@H]2NC(O)CC[C@@H]3CSC(=N3)[C@@H](C)[C@@H](O)C[C@H](C)C[C@@H](C(C)(C)C)OC(=O)[C@@H]3CCCN3C(O)[C@H](C(C)C)NC(=O)[C@H](C)NC2=O)cc1. The Morgan fingerprint density at radius 1 is 0.982 bits per heavy atom. The molecule has 0 saturated carbocycles. The second kappa shape index (κ2) is 20.1. The number of nitrogens with one attached hydrogen (secondary N) is 3. The Labute approximate surface area is 332 Å². The van der Waals surface area contributed by atoms with Gasteiger partial charge in [-0.15, -0.1) is 11.8 Å². The van der Waals surface area contributed by atoms with Gasteiger partial charge in [0, 0.05) is 18.2 Å². The van der Waals surface area contributed by atoms with E-state index in [1.54, 1.807) is 42.8 Å². The summed E-state index contributed by atoms with van der Waals surface area (Å²) < 4.78 is 11.5. The highest BCUT2D eigenvalue weighted by Crippen LogP contribution is 2.34. The number of rotatable bonds is 4. The fourth-order valence-corrected chi connectivity index (χ4v) is 8.83. The van der Waals surface area contributed by atoms with E-state index in [1.165, 1.54) is 0 Å². The molecule has 2 unspecified atom stereocenters. The van der Waals surface area contributed by atoms with Gasteiger partial charge in [-0.1, -0.05) is 60.6 Å². The Morgan fingerprint density at radius 2 is 1.67 bits per heavy atom. The third-order valence-corrected chi connectivity index (χ3v) is 12.6. The molecule has 2 bridgehead atoms. The summed E-state index contributed by atoms with van der Waals surface area (Å²) in [4.78, 5) is 48.0. The maximum absolute atomic E-state index is 13.9. The second-order valence-electron chi connectivity index (χ2n) is 17.3. The van der Waals surface area contributed by atoms with Crippen molar-refractivity contribution in [3.63, 3.8) is 0 Å². The zero-order valence-electron chi connectivity index (χ0n) is 34.3. The van der Waals surface area contributed by atoms with Crippen LogP contribution in [0, 0.1) is 23.2 Å². The summed E-state index contributed by atoms with van der Waals surface area (Å²) in [5.74, 6) is -0.279. The number of amides is 2. The topological polar surface area (TPSA) is 182 Å². The summed E-state index contributed by atoms with van der Waals surface area (Å²) in [7, 11) is 1.58. The summed E-state index contributed by atoms with van der Waals surface area (Å²) in [6.07, 6.45) is 0.176. The minimum Gasteiger partial charge on any atom is -0.497 e. The lowest BCUT2D eigenvalue weighted by Crippen LogP contribution is -2.60. The standard InChI is InChI=1S/C41H67N5O8S/c1-23(2)35-39(51)46-18-10-11-31(46)40(52)54-33(41(6,7)8)20-24(3)19-32(47)25(4)38-43-28(22-55-38)14-17-34(48)44-30(37(50)42-26(5)36(49)45-35)21-27-12-15-29(53-9)16-13-27/h12-13,15-16,23-26,28,30-35,39,44,47-48,51H,10-11,14,17-22H2,1-9H3,(H,42,50)(H,45,49)/t24-,25-,26-,28+,30-,31-,32-,33-,34?,35-,39?/m0/s1. The van der Waals surface area contributed by atoms with Gasteiger partial charge in [0.05, 0.1) is 36.4 Å². The molecule has 4 rings (SSSR count). The number of hydrogen-bond acceptors (Lipinski definition) is 12. The Balaban J connectivity index is 1.61. The average molecular weight is 790 g/mol. The molecule has 11 atom stereocenters. The van der Waals surface area contributed by atoms with Crippen LogP contribution in [0.25, 0.3) is 0 Å². The van der Waals surface area contributed by atoms with E-state index in [0.29, 0.717) is 50.8 Å². The van der Waals surface area contributed by atoms with E-state index in [4.69, 9.17) is 14.5 Å². The maximum Gasteiger partial charge on any atom is 0.323 e. The van der Waals surface area contributed by atoms with Gasteiger partial charge >= 0.3 is 5.97 Å². The van der Waals surface area contributed by atoms with Crippen molar-refractivity contribution in [2.24, 2.45) is 28.2 Å². The van der Waals surface area contributed by atoms with E-state index in [0.717, 1.165) is 16.4 Å². The Bertz CT molecular complexity index is 1450. The Hall–Kier alpha value is -2.75. The maximum atomic E-state index is 13.9. The largest absolute Gasteiger partial charge is 0.497 e. The van der Waals surface area contributed by atoms with Crippen molar-refractivity contribution in [3.8, 4) is 5.75 Å². The number of carbonyl (C=O) groups is 3. The molecule has 0 radical (unpaired) electrons. The Kier molecular flexibility index (Phi) is 16.4. The number of thioether (sulfide) groups is 1. The molecule has 2 amide bonds.